The van der Waals surface area contributed by atoms with E-state index in [-0.39, 0.29) is 6.04 Å². The number of aryl methyl sites for hydroxylation is 1. The molecule has 2 rings (SSSR count). The minimum atomic E-state index is -0.417. The van der Waals surface area contributed by atoms with Crippen molar-refractivity contribution in [1.82, 2.24) is 15.1 Å². The van der Waals surface area contributed by atoms with E-state index >= 15 is 0 Å². The molecular weight excluding hydrogens is 178 g/mol. The summed E-state index contributed by atoms with van der Waals surface area (Å²) in [6, 6.07) is 2.10. The topological polar surface area (TPSA) is 50.1 Å². The molecule has 2 atom stereocenters. The molecule has 0 radical (unpaired) electrons. The van der Waals surface area contributed by atoms with E-state index in [4.69, 9.17) is 0 Å². The molecule has 78 valence electrons. The summed E-state index contributed by atoms with van der Waals surface area (Å²) in [4.78, 5) is 0. The van der Waals surface area contributed by atoms with Crippen LogP contribution in [-0.2, 0) is 6.54 Å². The third-order valence-corrected chi connectivity index (χ3v) is 2.83. The Morgan fingerprint density at radius 1 is 1.79 bits per heavy atom. The highest BCUT2D eigenvalue weighted by Crippen LogP contribution is 2.22. The first kappa shape index (κ1) is 9.68. The van der Waals surface area contributed by atoms with Crippen LogP contribution in [0.25, 0.3) is 0 Å². The fraction of sp³-hybridized carbons (Fsp3) is 0.700. The fourth-order valence-electron chi connectivity index (χ4n) is 2.05. The van der Waals surface area contributed by atoms with Crippen LogP contribution < -0.4 is 5.32 Å². The number of nitrogens with one attached hydrogen (secondary N) is 1. The first-order chi connectivity index (χ1) is 6.83. The number of aliphatic hydroxyl groups excluding tert-OH is 1. The Labute approximate surface area is 83.9 Å². The van der Waals surface area contributed by atoms with Crippen molar-refractivity contribution < 1.29 is 5.11 Å². The molecule has 0 saturated carbocycles. The summed E-state index contributed by atoms with van der Waals surface area (Å²) in [6.45, 7) is 3.86. The van der Waals surface area contributed by atoms with E-state index in [1.165, 1.54) is 0 Å². The Morgan fingerprint density at radius 3 is 3.29 bits per heavy atom. The summed E-state index contributed by atoms with van der Waals surface area (Å²) < 4.78 is 1.85. The van der Waals surface area contributed by atoms with Crippen LogP contribution in [-0.4, -0.2) is 27.5 Å². The third kappa shape index (κ3) is 1.67. The quantitative estimate of drug-likeness (QED) is 0.746. The minimum absolute atomic E-state index is 0.206. The van der Waals surface area contributed by atoms with Gasteiger partial charge in [0.2, 0.25) is 0 Å². The lowest BCUT2D eigenvalue weighted by Crippen LogP contribution is -2.30. The maximum absolute atomic E-state index is 10.1. The third-order valence-electron chi connectivity index (χ3n) is 2.83. The molecule has 2 unspecified atom stereocenters. The normalized spacial score (nSPS) is 24.0. The summed E-state index contributed by atoms with van der Waals surface area (Å²) in [7, 11) is 0. The first-order valence-electron chi connectivity index (χ1n) is 5.26. The molecule has 4 nitrogen and oxygen atoms in total. The molecule has 4 heteroatoms. The number of hydrogen-bond donors (Lipinski definition) is 2. The summed E-state index contributed by atoms with van der Waals surface area (Å²) in [5, 5.41) is 17.6. The fourth-order valence-corrected chi connectivity index (χ4v) is 2.05. The van der Waals surface area contributed by atoms with Gasteiger partial charge in [-0.05, 0) is 32.4 Å². The Balaban J connectivity index is 2.12. The molecule has 2 N–H and O–H groups in total. The number of rotatable bonds is 3. The summed E-state index contributed by atoms with van der Waals surface area (Å²) in [5.74, 6) is 0. The molecule has 1 aromatic rings. The van der Waals surface area contributed by atoms with E-state index in [1.807, 2.05) is 17.7 Å². The molecule has 1 aliphatic rings. The van der Waals surface area contributed by atoms with Crippen molar-refractivity contribution in [3.05, 3.63) is 18.0 Å². The highest BCUT2D eigenvalue weighted by Gasteiger charge is 2.25. The lowest BCUT2D eigenvalue weighted by Gasteiger charge is -2.18. The lowest BCUT2D eigenvalue weighted by molar-refractivity contribution is 0.127. The van der Waals surface area contributed by atoms with Gasteiger partial charge in [-0.2, -0.15) is 5.10 Å². The van der Waals surface area contributed by atoms with E-state index in [1.54, 1.807) is 6.20 Å². The Hall–Kier alpha value is -0.870. The zero-order chi connectivity index (χ0) is 9.97. The number of aliphatic hydroxyl groups is 1. The Morgan fingerprint density at radius 2 is 2.64 bits per heavy atom. The van der Waals surface area contributed by atoms with Crippen LogP contribution in [0.4, 0.5) is 0 Å². The van der Waals surface area contributed by atoms with Gasteiger partial charge >= 0.3 is 0 Å². The summed E-state index contributed by atoms with van der Waals surface area (Å²) in [5.41, 5.74) is 0.923. The smallest absolute Gasteiger partial charge is 0.111 e. The van der Waals surface area contributed by atoms with Gasteiger partial charge in [-0.15, -0.1) is 0 Å². The van der Waals surface area contributed by atoms with E-state index in [2.05, 4.69) is 10.4 Å². The van der Waals surface area contributed by atoms with Gasteiger partial charge in [0.15, 0.2) is 0 Å². The molecule has 1 aliphatic heterocycles. The predicted octanol–water partition coefficient (Wildman–Crippen LogP) is 0.688. The van der Waals surface area contributed by atoms with Gasteiger partial charge in [0.25, 0.3) is 0 Å². The van der Waals surface area contributed by atoms with E-state index in [0.29, 0.717) is 0 Å². The largest absolute Gasteiger partial charge is 0.385 e. The van der Waals surface area contributed by atoms with Gasteiger partial charge in [0, 0.05) is 18.8 Å². The number of hydrogen-bond acceptors (Lipinski definition) is 3. The molecule has 14 heavy (non-hydrogen) atoms. The van der Waals surface area contributed by atoms with Gasteiger partial charge in [-0.3, -0.25) is 4.68 Å². The van der Waals surface area contributed by atoms with Crippen LogP contribution in [0.3, 0.4) is 0 Å². The molecule has 1 aromatic heterocycles. The maximum Gasteiger partial charge on any atom is 0.111 e. The zero-order valence-electron chi connectivity index (χ0n) is 8.48. The van der Waals surface area contributed by atoms with Crippen molar-refractivity contribution in [1.29, 1.82) is 0 Å². The van der Waals surface area contributed by atoms with Gasteiger partial charge in [-0.25, -0.2) is 0 Å². The lowest BCUT2D eigenvalue weighted by atomic mass is 10.1. The highest BCUT2D eigenvalue weighted by molar-refractivity contribution is 5.08. The second kappa shape index (κ2) is 4.11. The van der Waals surface area contributed by atoms with Crippen LogP contribution in [0.5, 0.6) is 0 Å². The van der Waals surface area contributed by atoms with Crippen LogP contribution in [0.2, 0.25) is 0 Å². The molecule has 1 fully saturated rings. The van der Waals surface area contributed by atoms with E-state index in [0.717, 1.165) is 31.6 Å². The highest BCUT2D eigenvalue weighted by atomic mass is 16.3. The van der Waals surface area contributed by atoms with Crippen molar-refractivity contribution in [2.45, 2.75) is 38.5 Å². The van der Waals surface area contributed by atoms with Gasteiger partial charge < -0.3 is 10.4 Å². The first-order valence-corrected chi connectivity index (χ1v) is 5.26. The number of aromatic nitrogens is 2. The minimum Gasteiger partial charge on any atom is -0.385 e. The Bertz CT molecular complexity index is 291. The SMILES string of the molecule is CCn1nccc1C(O)C1CCCN1. The molecule has 0 amide bonds. The van der Waals surface area contributed by atoms with Crippen molar-refractivity contribution in [3.63, 3.8) is 0 Å². The van der Waals surface area contributed by atoms with Crippen LogP contribution in [0.1, 0.15) is 31.6 Å². The molecule has 0 aliphatic carbocycles. The van der Waals surface area contributed by atoms with E-state index in [9.17, 15) is 5.11 Å². The average Bonchev–Trinajstić information content (AvgIpc) is 2.87. The van der Waals surface area contributed by atoms with E-state index < -0.39 is 6.10 Å². The van der Waals surface area contributed by atoms with Crippen molar-refractivity contribution in [2.75, 3.05) is 6.54 Å². The van der Waals surface area contributed by atoms with Crippen molar-refractivity contribution in [3.8, 4) is 0 Å². The molecule has 2 heterocycles. The summed E-state index contributed by atoms with van der Waals surface area (Å²) >= 11 is 0. The van der Waals surface area contributed by atoms with Gasteiger partial charge in [0.1, 0.15) is 6.10 Å². The second-order valence-electron chi connectivity index (χ2n) is 3.72. The molecule has 0 bridgehead atoms. The van der Waals surface area contributed by atoms with Gasteiger partial charge in [-0.1, -0.05) is 0 Å². The average molecular weight is 195 g/mol. The van der Waals surface area contributed by atoms with Crippen molar-refractivity contribution >= 4 is 0 Å². The molecule has 0 spiro atoms. The molecule has 1 saturated heterocycles. The monoisotopic (exact) mass is 195 g/mol. The standard InChI is InChI=1S/C10H17N3O/c1-2-13-9(5-7-12-13)10(14)8-4-3-6-11-8/h5,7-8,10-11,14H,2-4,6H2,1H3. The predicted molar refractivity (Wildman–Crippen MR) is 53.9 cm³/mol. The van der Waals surface area contributed by atoms with Crippen LogP contribution in [0.15, 0.2) is 12.3 Å². The van der Waals surface area contributed by atoms with Crippen molar-refractivity contribution in [2.24, 2.45) is 0 Å². The number of nitrogens with zero attached hydrogens (tertiary/aromatic N) is 2. The molecule has 0 aromatic carbocycles. The van der Waals surface area contributed by atoms with Gasteiger partial charge in [0.05, 0.1) is 5.69 Å². The van der Waals surface area contributed by atoms with Crippen LogP contribution >= 0.6 is 0 Å². The zero-order valence-corrected chi connectivity index (χ0v) is 8.48. The molecular formula is C10H17N3O. The second-order valence-corrected chi connectivity index (χ2v) is 3.72. The summed E-state index contributed by atoms with van der Waals surface area (Å²) in [6.07, 6.45) is 3.54. The van der Waals surface area contributed by atoms with Crippen LogP contribution in [0, 0.1) is 0 Å². The Kier molecular flexibility index (Phi) is 2.84. The maximum atomic E-state index is 10.1.